The highest BCUT2D eigenvalue weighted by Gasteiger charge is 2.30. The molecule has 0 bridgehead atoms. The summed E-state index contributed by atoms with van der Waals surface area (Å²) in [6, 6.07) is 4.34. The van der Waals surface area contributed by atoms with Crippen LogP contribution in [0.3, 0.4) is 0 Å². The van der Waals surface area contributed by atoms with Crippen molar-refractivity contribution in [2.24, 2.45) is 0 Å². The summed E-state index contributed by atoms with van der Waals surface area (Å²) in [4.78, 5) is 24.2. The van der Waals surface area contributed by atoms with Crippen LogP contribution in [0.1, 0.15) is 32.6 Å². The number of hydrogen-bond donors (Lipinski definition) is 3. The Morgan fingerprint density at radius 1 is 1.26 bits per heavy atom. The number of ether oxygens (including phenoxy) is 1. The molecular weight excluding hydrogens is 440 g/mol. The van der Waals surface area contributed by atoms with E-state index in [4.69, 9.17) is 4.74 Å². The van der Waals surface area contributed by atoms with E-state index in [9.17, 15) is 23.1 Å². The van der Waals surface area contributed by atoms with Crippen LogP contribution >= 0.6 is 15.9 Å². The van der Waals surface area contributed by atoms with E-state index in [1.165, 1.54) is 31.2 Å². The fourth-order valence-electron chi connectivity index (χ4n) is 2.73. The van der Waals surface area contributed by atoms with Crippen LogP contribution in [0.25, 0.3) is 0 Å². The lowest BCUT2D eigenvalue weighted by Gasteiger charge is -2.20. The summed E-state index contributed by atoms with van der Waals surface area (Å²) < 4.78 is 32.5. The van der Waals surface area contributed by atoms with Crippen LogP contribution in [0.4, 0.5) is 0 Å². The van der Waals surface area contributed by atoms with Crippen LogP contribution in [-0.2, 0) is 24.3 Å². The van der Waals surface area contributed by atoms with Crippen LogP contribution in [0, 0.1) is 0 Å². The largest absolute Gasteiger partial charge is 0.451 e. The van der Waals surface area contributed by atoms with Gasteiger partial charge in [0.05, 0.1) is 11.5 Å². The Bertz CT molecular complexity index is 762. The number of amides is 1. The summed E-state index contributed by atoms with van der Waals surface area (Å²) in [6.07, 6.45) is 2.77. The molecule has 0 heterocycles. The molecule has 2 atom stereocenters. The molecule has 2 unspecified atom stereocenters. The molecule has 0 radical (unpaired) electrons. The number of aliphatic hydroxyl groups excluding tert-OH is 1. The van der Waals surface area contributed by atoms with E-state index in [2.05, 4.69) is 26.0 Å². The second-order valence-electron chi connectivity index (χ2n) is 6.38. The van der Waals surface area contributed by atoms with Gasteiger partial charge in [0.1, 0.15) is 6.04 Å². The predicted molar refractivity (Wildman–Crippen MR) is 101 cm³/mol. The molecule has 2 rings (SSSR count). The molecule has 27 heavy (non-hydrogen) atoms. The number of hydrogen-bond acceptors (Lipinski definition) is 6. The zero-order chi connectivity index (χ0) is 20.0. The first kappa shape index (κ1) is 21.8. The van der Waals surface area contributed by atoms with Crippen molar-refractivity contribution in [1.29, 1.82) is 0 Å². The molecule has 10 heteroatoms. The van der Waals surface area contributed by atoms with Gasteiger partial charge in [0, 0.05) is 10.5 Å². The SMILES string of the molecule is CC(OC(=O)C(CO)NS(=O)(=O)c1ccc(Br)cc1)C(=O)NC1CCCC1. The first-order valence-corrected chi connectivity index (χ1v) is 10.9. The van der Waals surface area contributed by atoms with Gasteiger partial charge < -0.3 is 15.2 Å². The average Bonchev–Trinajstić information content (AvgIpc) is 3.12. The van der Waals surface area contributed by atoms with Crippen molar-refractivity contribution in [2.45, 2.75) is 55.7 Å². The quantitative estimate of drug-likeness (QED) is 0.496. The van der Waals surface area contributed by atoms with E-state index < -0.39 is 40.7 Å². The second kappa shape index (κ2) is 9.63. The predicted octanol–water partition coefficient (Wildman–Crippen LogP) is 1.08. The Morgan fingerprint density at radius 2 is 1.85 bits per heavy atom. The van der Waals surface area contributed by atoms with Gasteiger partial charge in [0.25, 0.3) is 5.91 Å². The lowest BCUT2D eigenvalue weighted by atomic mass is 10.2. The van der Waals surface area contributed by atoms with Gasteiger partial charge in [-0.25, -0.2) is 8.42 Å². The number of rotatable bonds is 8. The van der Waals surface area contributed by atoms with E-state index in [0.29, 0.717) is 4.47 Å². The number of carbonyl (C=O) groups is 2. The highest BCUT2D eigenvalue weighted by Crippen LogP contribution is 2.18. The van der Waals surface area contributed by atoms with Gasteiger partial charge in [-0.3, -0.25) is 9.59 Å². The average molecular weight is 463 g/mol. The molecule has 0 aliphatic heterocycles. The highest BCUT2D eigenvalue weighted by atomic mass is 79.9. The Labute approximate surface area is 166 Å². The summed E-state index contributed by atoms with van der Waals surface area (Å²) in [5.74, 6) is -1.46. The van der Waals surface area contributed by atoms with E-state index in [1.807, 2.05) is 0 Å². The van der Waals surface area contributed by atoms with E-state index in [1.54, 1.807) is 0 Å². The van der Waals surface area contributed by atoms with Crippen molar-refractivity contribution in [2.75, 3.05) is 6.61 Å². The molecule has 150 valence electrons. The summed E-state index contributed by atoms with van der Waals surface area (Å²) >= 11 is 3.20. The first-order valence-electron chi connectivity index (χ1n) is 8.62. The zero-order valence-electron chi connectivity index (χ0n) is 14.9. The van der Waals surface area contributed by atoms with Gasteiger partial charge in [-0.1, -0.05) is 28.8 Å². The molecule has 0 spiro atoms. The molecule has 1 saturated carbocycles. The van der Waals surface area contributed by atoms with Crippen molar-refractivity contribution < 1.29 is 27.9 Å². The number of benzene rings is 1. The molecule has 1 aliphatic rings. The fourth-order valence-corrected chi connectivity index (χ4v) is 4.17. The molecular formula is C17H23BrN2O6S. The van der Waals surface area contributed by atoms with Gasteiger partial charge >= 0.3 is 5.97 Å². The lowest BCUT2D eigenvalue weighted by molar-refractivity contribution is -0.157. The lowest BCUT2D eigenvalue weighted by Crippen LogP contribution is -2.47. The third-order valence-electron chi connectivity index (χ3n) is 4.25. The number of esters is 1. The monoisotopic (exact) mass is 462 g/mol. The molecule has 1 aromatic carbocycles. The number of sulfonamides is 1. The summed E-state index contributed by atoms with van der Waals surface area (Å²) in [5, 5.41) is 12.2. The maximum Gasteiger partial charge on any atom is 0.327 e. The van der Waals surface area contributed by atoms with Crippen molar-refractivity contribution >= 4 is 37.8 Å². The van der Waals surface area contributed by atoms with Crippen molar-refractivity contribution in [3.05, 3.63) is 28.7 Å². The van der Waals surface area contributed by atoms with Gasteiger partial charge in [-0.05, 0) is 44.0 Å². The second-order valence-corrected chi connectivity index (χ2v) is 9.01. The number of halogens is 1. The van der Waals surface area contributed by atoms with Gasteiger partial charge in [0.15, 0.2) is 6.10 Å². The maximum atomic E-state index is 12.3. The summed E-state index contributed by atoms with van der Waals surface area (Å²) in [7, 11) is -4.04. The number of carbonyl (C=O) groups excluding carboxylic acids is 2. The molecule has 3 N–H and O–H groups in total. The Balaban J connectivity index is 1.95. The zero-order valence-corrected chi connectivity index (χ0v) is 17.3. The molecule has 1 aromatic rings. The minimum Gasteiger partial charge on any atom is -0.451 e. The Kier molecular flexibility index (Phi) is 7.78. The topological polar surface area (TPSA) is 122 Å². The Hall–Kier alpha value is -1.49. The van der Waals surface area contributed by atoms with Gasteiger partial charge in [-0.2, -0.15) is 4.72 Å². The molecule has 0 saturated heterocycles. The van der Waals surface area contributed by atoms with E-state index >= 15 is 0 Å². The van der Waals surface area contributed by atoms with Gasteiger partial charge in [0.2, 0.25) is 10.0 Å². The Morgan fingerprint density at radius 3 is 2.41 bits per heavy atom. The standard InChI is InChI=1S/C17H23BrN2O6S/c1-11(16(22)19-13-4-2-3-5-13)26-17(23)15(10-21)20-27(24,25)14-8-6-12(18)7-9-14/h6-9,11,13,15,20-21H,2-5,10H2,1H3,(H,19,22). The van der Waals surface area contributed by atoms with Crippen molar-refractivity contribution in [1.82, 2.24) is 10.0 Å². The highest BCUT2D eigenvalue weighted by molar-refractivity contribution is 9.10. The van der Waals surface area contributed by atoms with Crippen LogP contribution in [0.15, 0.2) is 33.6 Å². The van der Waals surface area contributed by atoms with Gasteiger partial charge in [-0.15, -0.1) is 0 Å². The minimum atomic E-state index is -4.04. The summed E-state index contributed by atoms with van der Waals surface area (Å²) in [5.41, 5.74) is 0. The van der Waals surface area contributed by atoms with Crippen LogP contribution in [0.5, 0.6) is 0 Å². The smallest absolute Gasteiger partial charge is 0.327 e. The van der Waals surface area contributed by atoms with Crippen LogP contribution in [0.2, 0.25) is 0 Å². The minimum absolute atomic E-state index is 0.0658. The molecule has 0 aromatic heterocycles. The number of nitrogens with one attached hydrogen (secondary N) is 2. The van der Waals surface area contributed by atoms with Crippen molar-refractivity contribution in [3.63, 3.8) is 0 Å². The van der Waals surface area contributed by atoms with Crippen LogP contribution in [-0.4, -0.2) is 50.2 Å². The molecule has 1 fully saturated rings. The third kappa shape index (κ3) is 6.27. The molecule has 8 nitrogen and oxygen atoms in total. The molecule has 1 aliphatic carbocycles. The fraction of sp³-hybridized carbons (Fsp3) is 0.529. The van der Waals surface area contributed by atoms with Crippen molar-refractivity contribution in [3.8, 4) is 0 Å². The van der Waals surface area contributed by atoms with E-state index in [0.717, 1.165) is 25.7 Å². The first-order chi connectivity index (χ1) is 12.7. The third-order valence-corrected chi connectivity index (χ3v) is 6.27. The number of aliphatic hydroxyl groups is 1. The normalized spacial score (nSPS) is 17.3. The molecule has 1 amide bonds. The maximum absolute atomic E-state index is 12.3. The van der Waals surface area contributed by atoms with Crippen LogP contribution < -0.4 is 10.0 Å². The van der Waals surface area contributed by atoms with E-state index in [-0.39, 0.29) is 10.9 Å². The summed E-state index contributed by atoms with van der Waals surface area (Å²) in [6.45, 7) is 0.603.